The fourth-order valence-corrected chi connectivity index (χ4v) is 0.788. The van der Waals surface area contributed by atoms with Gasteiger partial charge in [-0.2, -0.15) is 0 Å². The molecule has 0 saturated heterocycles. The molecular weight excluding hydrogens is 192 g/mol. The van der Waals surface area contributed by atoms with Gasteiger partial charge in [-0.3, -0.25) is 14.4 Å². The largest absolute Gasteiger partial charge is 0.299 e. The molecule has 0 aliphatic carbocycles. The van der Waals surface area contributed by atoms with Crippen molar-refractivity contribution < 1.29 is 14.4 Å². The number of allylic oxidation sites excluding steroid dienone is 4. The Kier molecular flexibility index (Phi) is 13.3. The lowest BCUT2D eigenvalue weighted by molar-refractivity contribution is -0.122. The second-order valence-electron chi connectivity index (χ2n) is 3.24. The summed E-state index contributed by atoms with van der Waals surface area (Å²) in [5.41, 5.74) is 2.49. The second kappa shape index (κ2) is 12.5. The molecule has 3 heteroatoms. The Labute approximate surface area is 90.9 Å². The molecule has 0 fully saturated rings. The van der Waals surface area contributed by atoms with E-state index in [1.165, 1.54) is 5.57 Å². The molecule has 0 amide bonds. The lowest BCUT2D eigenvalue weighted by Crippen LogP contribution is -1.77. The van der Waals surface area contributed by atoms with Crippen LogP contribution in [0.3, 0.4) is 0 Å². The Morgan fingerprint density at radius 1 is 0.933 bits per heavy atom. The van der Waals surface area contributed by atoms with Gasteiger partial charge in [-0.05, 0) is 39.7 Å². The number of carbonyl (C=O) groups excluding carboxylic acids is 3. The van der Waals surface area contributed by atoms with Crippen LogP contribution in [0.1, 0.15) is 33.6 Å². The van der Waals surface area contributed by atoms with Crippen LogP contribution in [0, 0.1) is 0 Å². The third kappa shape index (κ3) is 19.1. The molecule has 0 aromatic heterocycles. The van der Waals surface area contributed by atoms with Crippen LogP contribution >= 0.6 is 0 Å². The molecule has 15 heavy (non-hydrogen) atoms. The lowest BCUT2D eigenvalue weighted by Gasteiger charge is -1.94. The van der Waals surface area contributed by atoms with E-state index in [0.29, 0.717) is 0 Å². The third-order valence-electron chi connectivity index (χ3n) is 1.50. The molecule has 0 saturated carbocycles. The SMILES string of the molecule is CC(C)=CCC/C(C)=C\C=O.O=CC=O. The van der Waals surface area contributed by atoms with Gasteiger partial charge in [0.05, 0.1) is 0 Å². The van der Waals surface area contributed by atoms with Crippen LogP contribution in [0.5, 0.6) is 0 Å². The predicted molar refractivity (Wildman–Crippen MR) is 60.6 cm³/mol. The van der Waals surface area contributed by atoms with E-state index in [2.05, 4.69) is 19.9 Å². The van der Waals surface area contributed by atoms with Crippen molar-refractivity contribution in [3.8, 4) is 0 Å². The van der Waals surface area contributed by atoms with Crippen LogP contribution in [0.15, 0.2) is 23.3 Å². The number of hydrogen-bond donors (Lipinski definition) is 0. The summed E-state index contributed by atoms with van der Waals surface area (Å²) >= 11 is 0. The maximum Gasteiger partial charge on any atom is 0.182 e. The van der Waals surface area contributed by atoms with Crippen molar-refractivity contribution in [2.75, 3.05) is 0 Å². The zero-order valence-electron chi connectivity index (χ0n) is 9.53. The average molecular weight is 210 g/mol. The van der Waals surface area contributed by atoms with Gasteiger partial charge in [-0.15, -0.1) is 0 Å². The molecule has 0 bridgehead atoms. The van der Waals surface area contributed by atoms with Gasteiger partial charge in [-0.1, -0.05) is 17.2 Å². The zero-order valence-corrected chi connectivity index (χ0v) is 9.53. The summed E-state index contributed by atoms with van der Waals surface area (Å²) in [6.07, 6.45) is 7.07. The van der Waals surface area contributed by atoms with E-state index >= 15 is 0 Å². The van der Waals surface area contributed by atoms with Gasteiger partial charge in [-0.25, -0.2) is 0 Å². The van der Waals surface area contributed by atoms with Crippen molar-refractivity contribution in [2.24, 2.45) is 0 Å². The Morgan fingerprint density at radius 2 is 1.47 bits per heavy atom. The van der Waals surface area contributed by atoms with E-state index in [4.69, 9.17) is 9.59 Å². The van der Waals surface area contributed by atoms with Gasteiger partial charge in [0, 0.05) is 0 Å². The van der Waals surface area contributed by atoms with E-state index in [-0.39, 0.29) is 12.6 Å². The first-order valence-corrected chi connectivity index (χ1v) is 4.71. The third-order valence-corrected chi connectivity index (χ3v) is 1.50. The highest BCUT2D eigenvalue weighted by molar-refractivity contribution is 6.09. The van der Waals surface area contributed by atoms with E-state index in [1.54, 1.807) is 6.08 Å². The summed E-state index contributed by atoms with van der Waals surface area (Å²) in [6.45, 7) is 6.14. The highest BCUT2D eigenvalue weighted by Gasteiger charge is 1.86. The van der Waals surface area contributed by atoms with E-state index in [0.717, 1.165) is 24.7 Å². The fraction of sp³-hybridized carbons (Fsp3) is 0.417. The van der Waals surface area contributed by atoms with Crippen molar-refractivity contribution in [1.82, 2.24) is 0 Å². The van der Waals surface area contributed by atoms with Crippen molar-refractivity contribution in [3.63, 3.8) is 0 Å². The Morgan fingerprint density at radius 3 is 1.80 bits per heavy atom. The predicted octanol–water partition coefficient (Wildman–Crippen LogP) is 2.26. The topological polar surface area (TPSA) is 51.2 Å². The van der Waals surface area contributed by atoms with Crippen LogP contribution in [0.4, 0.5) is 0 Å². The highest BCUT2D eigenvalue weighted by atomic mass is 16.2. The summed E-state index contributed by atoms with van der Waals surface area (Å²) in [4.78, 5) is 27.6. The molecule has 3 nitrogen and oxygen atoms in total. The van der Waals surface area contributed by atoms with Gasteiger partial charge in [0.15, 0.2) is 12.6 Å². The van der Waals surface area contributed by atoms with Crippen molar-refractivity contribution >= 4 is 18.9 Å². The van der Waals surface area contributed by atoms with Crippen molar-refractivity contribution in [3.05, 3.63) is 23.3 Å². The monoisotopic (exact) mass is 210 g/mol. The molecule has 0 aromatic carbocycles. The van der Waals surface area contributed by atoms with Gasteiger partial charge in [0.2, 0.25) is 0 Å². The number of rotatable bonds is 5. The van der Waals surface area contributed by atoms with Gasteiger partial charge < -0.3 is 0 Å². The molecule has 84 valence electrons. The van der Waals surface area contributed by atoms with Crippen LogP contribution in [-0.2, 0) is 14.4 Å². The van der Waals surface area contributed by atoms with Crippen molar-refractivity contribution in [1.29, 1.82) is 0 Å². The normalized spacial score (nSPS) is 9.40. The first-order valence-electron chi connectivity index (χ1n) is 4.71. The lowest BCUT2D eigenvalue weighted by atomic mass is 10.1. The van der Waals surface area contributed by atoms with Crippen LogP contribution in [0.2, 0.25) is 0 Å². The van der Waals surface area contributed by atoms with E-state index in [9.17, 15) is 4.79 Å². The highest BCUT2D eigenvalue weighted by Crippen LogP contribution is 2.05. The zero-order chi connectivity index (χ0) is 12.1. The van der Waals surface area contributed by atoms with E-state index in [1.807, 2.05) is 6.92 Å². The first-order chi connectivity index (χ1) is 7.08. The molecule has 0 rings (SSSR count). The van der Waals surface area contributed by atoms with Crippen LogP contribution in [-0.4, -0.2) is 18.9 Å². The molecule has 0 N–H and O–H groups in total. The Balaban J connectivity index is 0. The quantitative estimate of drug-likeness (QED) is 0.303. The summed E-state index contributed by atoms with van der Waals surface area (Å²) < 4.78 is 0. The Bertz CT molecular complexity index is 240. The Hall–Kier alpha value is -1.51. The van der Waals surface area contributed by atoms with Crippen molar-refractivity contribution in [2.45, 2.75) is 33.6 Å². The molecule has 0 spiro atoms. The van der Waals surface area contributed by atoms with E-state index < -0.39 is 0 Å². The molecule has 0 aliphatic heterocycles. The molecule has 0 radical (unpaired) electrons. The van der Waals surface area contributed by atoms with Crippen LogP contribution < -0.4 is 0 Å². The number of hydrogen-bond acceptors (Lipinski definition) is 3. The number of aldehydes is 3. The standard InChI is InChI=1S/C10H16O.C2H2O2/c1-9(2)5-4-6-10(3)7-8-11;3-1-2-4/h5,7-8H,4,6H2,1-3H3;1-2H/b10-7-;. The smallest absolute Gasteiger partial charge is 0.182 e. The molecule has 0 unspecified atom stereocenters. The molecule has 0 aromatic rings. The van der Waals surface area contributed by atoms with Gasteiger partial charge >= 0.3 is 0 Å². The summed E-state index contributed by atoms with van der Waals surface area (Å²) in [6, 6.07) is 0. The van der Waals surface area contributed by atoms with Gasteiger partial charge in [0.1, 0.15) is 6.29 Å². The number of carbonyl (C=O) groups is 3. The summed E-state index contributed by atoms with van der Waals surface area (Å²) in [7, 11) is 0. The van der Waals surface area contributed by atoms with Gasteiger partial charge in [0.25, 0.3) is 0 Å². The maximum atomic E-state index is 10.0. The fourth-order valence-electron chi connectivity index (χ4n) is 0.788. The summed E-state index contributed by atoms with van der Waals surface area (Å²) in [5, 5.41) is 0. The molecular formula is C12H18O3. The first kappa shape index (κ1) is 15.9. The van der Waals surface area contributed by atoms with Crippen LogP contribution in [0.25, 0.3) is 0 Å². The average Bonchev–Trinajstić information content (AvgIpc) is 2.18. The minimum absolute atomic E-state index is 0.194. The molecule has 0 atom stereocenters. The second-order valence-corrected chi connectivity index (χ2v) is 3.24. The molecule has 0 aliphatic rings. The minimum atomic E-state index is 0.194. The molecule has 0 heterocycles. The summed E-state index contributed by atoms with van der Waals surface area (Å²) in [5.74, 6) is 0. The maximum absolute atomic E-state index is 10.0. The minimum Gasteiger partial charge on any atom is -0.299 e.